The van der Waals surface area contributed by atoms with Crippen LogP contribution in [0.15, 0.2) is 30.9 Å². The fraction of sp³-hybridized carbons (Fsp3) is 0.357. The van der Waals surface area contributed by atoms with Crippen molar-refractivity contribution in [3.8, 4) is 5.75 Å². The topological polar surface area (TPSA) is 46.5 Å². The molecule has 1 N–H and O–H groups in total. The summed E-state index contributed by atoms with van der Waals surface area (Å²) in [6.45, 7) is 5.89. The predicted octanol–water partition coefficient (Wildman–Crippen LogP) is 3.46. The molecule has 0 amide bonds. The Morgan fingerprint density at radius 1 is 1.59 bits per heavy atom. The Morgan fingerprint density at radius 3 is 2.76 bits per heavy atom. The van der Waals surface area contributed by atoms with E-state index in [4.69, 9.17) is 9.84 Å². The first-order valence-electron chi connectivity index (χ1n) is 5.67. The standard InChI is InChI=1S/C14H18O3/c1-4-6-10(5-2)12-9-11(14(15)16)7-8-13(12)17-3/h5,7-10H,2,4,6H2,1,3H3,(H,15,16)/t10-/m1/s1. The highest BCUT2D eigenvalue weighted by atomic mass is 16.5. The third-order valence-corrected chi connectivity index (χ3v) is 2.76. The number of hydrogen-bond acceptors (Lipinski definition) is 2. The van der Waals surface area contributed by atoms with Crippen LogP contribution in [0.25, 0.3) is 0 Å². The van der Waals surface area contributed by atoms with Gasteiger partial charge in [0.1, 0.15) is 5.75 Å². The summed E-state index contributed by atoms with van der Waals surface area (Å²) in [6.07, 6.45) is 3.78. The van der Waals surface area contributed by atoms with Crippen molar-refractivity contribution in [3.63, 3.8) is 0 Å². The second-order valence-corrected chi connectivity index (χ2v) is 3.89. The molecule has 0 aliphatic rings. The lowest BCUT2D eigenvalue weighted by atomic mass is 9.92. The van der Waals surface area contributed by atoms with E-state index in [2.05, 4.69) is 13.5 Å². The molecule has 1 atom stereocenters. The van der Waals surface area contributed by atoms with Gasteiger partial charge < -0.3 is 9.84 Å². The molecule has 0 unspecified atom stereocenters. The Hall–Kier alpha value is -1.77. The molecule has 0 heterocycles. The third kappa shape index (κ3) is 3.09. The van der Waals surface area contributed by atoms with Gasteiger partial charge in [-0.1, -0.05) is 19.4 Å². The summed E-state index contributed by atoms with van der Waals surface area (Å²) in [6, 6.07) is 4.92. The number of allylic oxidation sites excluding steroid dienone is 1. The van der Waals surface area contributed by atoms with Gasteiger partial charge in [0, 0.05) is 11.5 Å². The molecule has 3 nitrogen and oxygen atoms in total. The summed E-state index contributed by atoms with van der Waals surface area (Å²) in [5.74, 6) is -0.0733. The largest absolute Gasteiger partial charge is 0.496 e. The van der Waals surface area contributed by atoms with E-state index >= 15 is 0 Å². The van der Waals surface area contributed by atoms with E-state index in [1.165, 1.54) is 0 Å². The van der Waals surface area contributed by atoms with E-state index in [1.807, 2.05) is 6.08 Å². The number of hydrogen-bond donors (Lipinski definition) is 1. The first-order valence-corrected chi connectivity index (χ1v) is 5.67. The highest BCUT2D eigenvalue weighted by Gasteiger charge is 2.15. The first-order chi connectivity index (χ1) is 8.13. The molecule has 0 saturated heterocycles. The maximum absolute atomic E-state index is 11.0. The number of carboxylic acids is 1. The van der Waals surface area contributed by atoms with Gasteiger partial charge in [-0.2, -0.15) is 0 Å². The van der Waals surface area contributed by atoms with Crippen LogP contribution in [0, 0.1) is 0 Å². The van der Waals surface area contributed by atoms with Crippen molar-refractivity contribution in [3.05, 3.63) is 42.0 Å². The Morgan fingerprint density at radius 2 is 2.29 bits per heavy atom. The van der Waals surface area contributed by atoms with Gasteiger partial charge >= 0.3 is 5.97 Å². The lowest BCUT2D eigenvalue weighted by molar-refractivity contribution is 0.0696. The molecule has 0 fully saturated rings. The molecule has 0 radical (unpaired) electrons. The van der Waals surface area contributed by atoms with Crippen molar-refractivity contribution in [1.29, 1.82) is 0 Å². The fourth-order valence-electron chi connectivity index (χ4n) is 1.87. The lowest BCUT2D eigenvalue weighted by Crippen LogP contribution is -2.03. The number of carbonyl (C=O) groups is 1. The number of methoxy groups -OCH3 is 1. The predicted molar refractivity (Wildman–Crippen MR) is 67.8 cm³/mol. The molecule has 0 saturated carbocycles. The monoisotopic (exact) mass is 234 g/mol. The Labute approximate surface area is 102 Å². The van der Waals surface area contributed by atoms with Gasteiger partial charge in [-0.15, -0.1) is 6.58 Å². The molecule has 92 valence electrons. The minimum Gasteiger partial charge on any atom is -0.496 e. The van der Waals surface area contributed by atoms with Gasteiger partial charge in [0.05, 0.1) is 12.7 Å². The number of rotatable bonds is 6. The second kappa shape index (κ2) is 6.09. The average molecular weight is 234 g/mol. The molecule has 3 heteroatoms. The Balaban J connectivity index is 3.20. The molecule has 0 bridgehead atoms. The van der Waals surface area contributed by atoms with E-state index in [-0.39, 0.29) is 11.5 Å². The molecule has 0 spiro atoms. The zero-order chi connectivity index (χ0) is 12.8. The van der Waals surface area contributed by atoms with Crippen LogP contribution in [0.3, 0.4) is 0 Å². The highest BCUT2D eigenvalue weighted by molar-refractivity contribution is 5.88. The van der Waals surface area contributed by atoms with E-state index < -0.39 is 5.97 Å². The third-order valence-electron chi connectivity index (χ3n) is 2.76. The van der Waals surface area contributed by atoms with Crippen LogP contribution in [0.5, 0.6) is 5.75 Å². The summed E-state index contributed by atoms with van der Waals surface area (Å²) in [7, 11) is 1.59. The number of aromatic carboxylic acids is 1. The van der Waals surface area contributed by atoms with Crippen molar-refractivity contribution in [1.82, 2.24) is 0 Å². The zero-order valence-electron chi connectivity index (χ0n) is 10.3. The van der Waals surface area contributed by atoms with Gasteiger partial charge in [0.15, 0.2) is 0 Å². The minimum absolute atomic E-state index is 0.134. The van der Waals surface area contributed by atoms with Crippen molar-refractivity contribution >= 4 is 5.97 Å². The summed E-state index contributed by atoms with van der Waals surface area (Å²) < 4.78 is 5.27. The van der Waals surface area contributed by atoms with E-state index in [9.17, 15) is 4.79 Å². The lowest BCUT2D eigenvalue weighted by Gasteiger charge is -2.16. The van der Waals surface area contributed by atoms with Crippen LogP contribution in [0.4, 0.5) is 0 Å². The molecule has 0 aliphatic carbocycles. The molecule has 1 aromatic rings. The average Bonchev–Trinajstić information content (AvgIpc) is 2.35. The van der Waals surface area contributed by atoms with Crippen LogP contribution in [0.1, 0.15) is 41.6 Å². The molecular weight excluding hydrogens is 216 g/mol. The summed E-state index contributed by atoms with van der Waals surface area (Å²) in [5, 5.41) is 8.99. The molecule has 0 aromatic heterocycles. The van der Waals surface area contributed by atoms with Crippen LogP contribution < -0.4 is 4.74 Å². The smallest absolute Gasteiger partial charge is 0.335 e. The molecular formula is C14H18O3. The molecule has 1 aromatic carbocycles. The Kier molecular flexibility index (Phi) is 4.76. The van der Waals surface area contributed by atoms with Crippen LogP contribution in [0.2, 0.25) is 0 Å². The van der Waals surface area contributed by atoms with Crippen molar-refractivity contribution in [2.75, 3.05) is 7.11 Å². The van der Waals surface area contributed by atoms with E-state index in [0.717, 1.165) is 18.4 Å². The summed E-state index contributed by atoms with van der Waals surface area (Å²) in [4.78, 5) is 11.0. The minimum atomic E-state index is -0.923. The van der Waals surface area contributed by atoms with Gasteiger partial charge in [0.2, 0.25) is 0 Å². The van der Waals surface area contributed by atoms with Crippen LogP contribution >= 0.6 is 0 Å². The van der Waals surface area contributed by atoms with Gasteiger partial charge in [-0.25, -0.2) is 4.79 Å². The van der Waals surface area contributed by atoms with Crippen LogP contribution in [-0.4, -0.2) is 18.2 Å². The first kappa shape index (κ1) is 13.3. The van der Waals surface area contributed by atoms with Gasteiger partial charge in [0.25, 0.3) is 0 Å². The van der Waals surface area contributed by atoms with Crippen LogP contribution in [-0.2, 0) is 0 Å². The molecule has 17 heavy (non-hydrogen) atoms. The number of ether oxygens (including phenoxy) is 1. The summed E-state index contributed by atoms with van der Waals surface area (Å²) >= 11 is 0. The van der Waals surface area contributed by atoms with Gasteiger partial charge in [-0.05, 0) is 24.6 Å². The highest BCUT2D eigenvalue weighted by Crippen LogP contribution is 2.31. The summed E-state index contributed by atoms with van der Waals surface area (Å²) in [5.41, 5.74) is 1.17. The zero-order valence-corrected chi connectivity index (χ0v) is 10.3. The fourth-order valence-corrected chi connectivity index (χ4v) is 1.87. The SMILES string of the molecule is C=C[C@H](CCC)c1cc(C(=O)O)ccc1OC. The maximum Gasteiger partial charge on any atom is 0.335 e. The second-order valence-electron chi connectivity index (χ2n) is 3.89. The normalized spacial score (nSPS) is 11.9. The van der Waals surface area contributed by atoms with E-state index in [1.54, 1.807) is 25.3 Å². The van der Waals surface area contributed by atoms with Crippen molar-refractivity contribution in [2.24, 2.45) is 0 Å². The maximum atomic E-state index is 11.0. The Bertz CT molecular complexity index is 410. The van der Waals surface area contributed by atoms with Gasteiger partial charge in [-0.3, -0.25) is 0 Å². The van der Waals surface area contributed by atoms with E-state index in [0.29, 0.717) is 5.75 Å². The number of benzene rings is 1. The molecule has 1 rings (SSSR count). The molecule has 0 aliphatic heterocycles. The van der Waals surface area contributed by atoms with Crippen molar-refractivity contribution in [2.45, 2.75) is 25.7 Å². The quantitative estimate of drug-likeness (QED) is 0.767. The number of carboxylic acid groups (broad SMARTS) is 1. The van der Waals surface area contributed by atoms with Crippen molar-refractivity contribution < 1.29 is 14.6 Å².